The van der Waals surface area contributed by atoms with Crippen LogP contribution in [0.4, 0.5) is 0 Å². The second-order valence-electron chi connectivity index (χ2n) is 4.35. The maximum absolute atomic E-state index is 11.7. The van der Waals surface area contributed by atoms with Gasteiger partial charge in [-0.15, -0.1) is 0 Å². The van der Waals surface area contributed by atoms with Gasteiger partial charge in [0.2, 0.25) is 5.91 Å². The van der Waals surface area contributed by atoms with Crippen molar-refractivity contribution < 1.29 is 9.53 Å². The van der Waals surface area contributed by atoms with Crippen LogP contribution in [0.3, 0.4) is 0 Å². The van der Waals surface area contributed by atoms with Crippen molar-refractivity contribution in [2.75, 3.05) is 13.2 Å². The average molecular weight is 254 g/mol. The fourth-order valence-corrected chi connectivity index (χ4v) is 2.67. The first kappa shape index (κ1) is 12.4. The maximum atomic E-state index is 11.7. The number of amides is 1. The molecule has 1 aromatic rings. The van der Waals surface area contributed by atoms with E-state index in [2.05, 4.69) is 0 Å². The molecule has 1 aliphatic rings. The number of hydrogen-bond donors (Lipinski definition) is 1. The fraction of sp³-hybridized carbons (Fsp3) is 0.462. The lowest BCUT2D eigenvalue weighted by Gasteiger charge is -2.29. The number of halogens is 1. The van der Waals surface area contributed by atoms with Crippen molar-refractivity contribution in [2.45, 2.75) is 18.8 Å². The van der Waals surface area contributed by atoms with Crippen molar-refractivity contribution in [2.24, 2.45) is 11.7 Å². The molecule has 4 heteroatoms. The van der Waals surface area contributed by atoms with Crippen molar-refractivity contribution in [1.29, 1.82) is 0 Å². The molecule has 0 radical (unpaired) electrons. The summed E-state index contributed by atoms with van der Waals surface area (Å²) >= 11 is 6.14. The molecule has 1 saturated heterocycles. The summed E-state index contributed by atoms with van der Waals surface area (Å²) in [6.07, 6.45) is 1.72. The highest BCUT2D eigenvalue weighted by atomic mass is 35.5. The Morgan fingerprint density at radius 3 is 2.59 bits per heavy atom. The van der Waals surface area contributed by atoms with Crippen molar-refractivity contribution in [3.05, 3.63) is 34.9 Å². The Hall–Kier alpha value is -1.06. The van der Waals surface area contributed by atoms with Gasteiger partial charge in [-0.2, -0.15) is 0 Å². The second-order valence-corrected chi connectivity index (χ2v) is 4.76. The Morgan fingerprint density at radius 2 is 2.00 bits per heavy atom. The topological polar surface area (TPSA) is 52.3 Å². The van der Waals surface area contributed by atoms with Crippen molar-refractivity contribution in [1.82, 2.24) is 0 Å². The minimum atomic E-state index is -0.301. The molecule has 2 rings (SSSR count). The molecule has 0 spiro atoms. The third kappa shape index (κ3) is 2.79. The Bertz CT molecular complexity index is 402. The number of rotatable bonds is 3. The number of ether oxygens (including phenoxy) is 1. The van der Waals surface area contributed by atoms with Gasteiger partial charge in [-0.1, -0.05) is 29.8 Å². The number of nitrogens with two attached hydrogens (primary N) is 1. The minimum absolute atomic E-state index is 0.237. The quantitative estimate of drug-likeness (QED) is 0.899. The molecular weight excluding hydrogens is 238 g/mol. The van der Waals surface area contributed by atoms with Crippen LogP contribution in [0.15, 0.2) is 24.3 Å². The molecule has 1 aromatic carbocycles. The normalized spacial score (nSPS) is 18.9. The van der Waals surface area contributed by atoms with Crippen LogP contribution in [0, 0.1) is 5.92 Å². The molecule has 1 heterocycles. The molecule has 1 amide bonds. The molecule has 0 bridgehead atoms. The van der Waals surface area contributed by atoms with Gasteiger partial charge in [-0.25, -0.2) is 0 Å². The minimum Gasteiger partial charge on any atom is -0.381 e. The van der Waals surface area contributed by atoms with Crippen LogP contribution in [0.2, 0.25) is 5.02 Å². The zero-order valence-corrected chi connectivity index (χ0v) is 10.3. The summed E-state index contributed by atoms with van der Waals surface area (Å²) in [5, 5.41) is 0.614. The van der Waals surface area contributed by atoms with Gasteiger partial charge in [0, 0.05) is 18.2 Å². The summed E-state index contributed by atoms with van der Waals surface area (Å²) in [6.45, 7) is 1.39. The van der Waals surface area contributed by atoms with Crippen LogP contribution in [-0.4, -0.2) is 19.1 Å². The molecule has 1 aliphatic heterocycles. The van der Waals surface area contributed by atoms with E-state index in [1.54, 1.807) is 6.07 Å². The van der Waals surface area contributed by atoms with E-state index in [-0.39, 0.29) is 17.7 Å². The summed E-state index contributed by atoms with van der Waals surface area (Å²) in [7, 11) is 0. The molecule has 1 atom stereocenters. The van der Waals surface area contributed by atoms with Crippen molar-refractivity contribution in [3.8, 4) is 0 Å². The van der Waals surface area contributed by atoms with Gasteiger partial charge >= 0.3 is 0 Å². The highest BCUT2D eigenvalue weighted by molar-refractivity contribution is 6.31. The van der Waals surface area contributed by atoms with Gasteiger partial charge in [0.25, 0.3) is 0 Å². The van der Waals surface area contributed by atoms with Gasteiger partial charge in [-0.05, 0) is 30.4 Å². The van der Waals surface area contributed by atoms with E-state index >= 15 is 0 Å². The molecule has 0 saturated carbocycles. The maximum Gasteiger partial charge on any atom is 0.225 e. The van der Waals surface area contributed by atoms with E-state index in [4.69, 9.17) is 22.1 Å². The molecule has 3 nitrogen and oxygen atoms in total. The molecule has 1 unspecified atom stereocenters. The van der Waals surface area contributed by atoms with Gasteiger partial charge in [0.15, 0.2) is 0 Å². The van der Waals surface area contributed by atoms with Gasteiger partial charge in [0.1, 0.15) is 0 Å². The van der Waals surface area contributed by atoms with Gasteiger partial charge in [0.05, 0.1) is 5.92 Å². The number of benzene rings is 1. The molecular formula is C13H16ClNO2. The second kappa shape index (κ2) is 5.52. The van der Waals surface area contributed by atoms with Gasteiger partial charge < -0.3 is 10.5 Å². The smallest absolute Gasteiger partial charge is 0.225 e. The molecule has 0 aliphatic carbocycles. The third-order valence-electron chi connectivity index (χ3n) is 3.28. The highest BCUT2D eigenvalue weighted by Crippen LogP contribution is 2.35. The third-order valence-corrected chi connectivity index (χ3v) is 3.63. The average Bonchev–Trinajstić information content (AvgIpc) is 2.33. The van der Waals surface area contributed by atoms with Crippen LogP contribution in [0.1, 0.15) is 24.3 Å². The zero-order valence-electron chi connectivity index (χ0n) is 9.56. The molecule has 1 fully saturated rings. The van der Waals surface area contributed by atoms with E-state index in [0.717, 1.165) is 18.4 Å². The first-order chi connectivity index (χ1) is 8.20. The van der Waals surface area contributed by atoms with E-state index in [9.17, 15) is 4.79 Å². The lowest BCUT2D eigenvalue weighted by atomic mass is 9.81. The number of carbonyl (C=O) groups is 1. The first-order valence-electron chi connectivity index (χ1n) is 5.81. The monoisotopic (exact) mass is 253 g/mol. The predicted molar refractivity (Wildman–Crippen MR) is 66.9 cm³/mol. The Kier molecular flexibility index (Phi) is 4.02. The largest absolute Gasteiger partial charge is 0.381 e. The summed E-state index contributed by atoms with van der Waals surface area (Å²) < 4.78 is 5.31. The van der Waals surface area contributed by atoms with Crippen molar-refractivity contribution >= 4 is 17.5 Å². The summed E-state index contributed by atoms with van der Waals surface area (Å²) in [4.78, 5) is 11.7. The lowest BCUT2D eigenvalue weighted by molar-refractivity contribution is -0.121. The lowest BCUT2D eigenvalue weighted by Crippen LogP contribution is -2.31. The van der Waals surface area contributed by atoms with E-state index in [1.807, 2.05) is 18.2 Å². The molecule has 92 valence electrons. The summed E-state index contributed by atoms with van der Waals surface area (Å²) in [6, 6.07) is 7.42. The molecule has 0 aromatic heterocycles. The van der Waals surface area contributed by atoms with Crippen LogP contribution >= 0.6 is 11.6 Å². The van der Waals surface area contributed by atoms with E-state index in [1.165, 1.54) is 0 Å². The van der Waals surface area contributed by atoms with E-state index < -0.39 is 0 Å². The van der Waals surface area contributed by atoms with Crippen LogP contribution in [0.25, 0.3) is 0 Å². The standard InChI is InChI=1S/C13H16ClNO2/c14-11-4-2-1-3-10(11)12(13(15)16)9-5-7-17-8-6-9/h1-4,9,12H,5-8H2,(H2,15,16). The number of primary amides is 1. The zero-order chi connectivity index (χ0) is 12.3. The predicted octanol–water partition coefficient (Wildman–Crippen LogP) is 2.34. The molecule has 17 heavy (non-hydrogen) atoms. The SMILES string of the molecule is NC(=O)C(c1ccccc1Cl)C1CCOCC1. The number of carbonyl (C=O) groups excluding carboxylic acids is 1. The summed E-state index contributed by atoms with van der Waals surface area (Å²) in [5.74, 6) is -0.362. The van der Waals surface area contributed by atoms with Crippen LogP contribution in [-0.2, 0) is 9.53 Å². The van der Waals surface area contributed by atoms with Crippen molar-refractivity contribution in [3.63, 3.8) is 0 Å². The molecule has 2 N–H and O–H groups in total. The van der Waals surface area contributed by atoms with Gasteiger partial charge in [-0.3, -0.25) is 4.79 Å². The first-order valence-corrected chi connectivity index (χ1v) is 6.19. The fourth-order valence-electron chi connectivity index (χ4n) is 2.42. The van der Waals surface area contributed by atoms with Crippen LogP contribution in [0.5, 0.6) is 0 Å². The van der Waals surface area contributed by atoms with E-state index in [0.29, 0.717) is 18.2 Å². The van der Waals surface area contributed by atoms with Crippen LogP contribution < -0.4 is 5.73 Å². The Balaban J connectivity index is 2.28. The Labute approximate surface area is 106 Å². The summed E-state index contributed by atoms with van der Waals surface area (Å²) in [5.41, 5.74) is 6.37. The Morgan fingerprint density at radius 1 is 1.35 bits per heavy atom. The number of hydrogen-bond acceptors (Lipinski definition) is 2. The highest BCUT2D eigenvalue weighted by Gasteiger charge is 2.30.